The molecule has 24 heavy (non-hydrogen) atoms. The quantitative estimate of drug-likeness (QED) is 0.756. The third kappa shape index (κ3) is 6.71. The molecule has 5 nitrogen and oxygen atoms in total. The maximum Gasteiger partial charge on any atom is 0.226 e. The van der Waals surface area contributed by atoms with Crippen molar-refractivity contribution in [1.82, 2.24) is 9.80 Å². The van der Waals surface area contributed by atoms with Gasteiger partial charge in [-0.2, -0.15) is 0 Å². The zero-order valence-corrected chi connectivity index (χ0v) is 15.7. The van der Waals surface area contributed by atoms with Gasteiger partial charge in [0, 0.05) is 32.1 Å². The molecule has 2 amide bonds. The molecule has 0 heterocycles. The lowest BCUT2D eigenvalue weighted by molar-refractivity contribution is -0.129. The Balaban J connectivity index is 2.56. The van der Waals surface area contributed by atoms with Crippen molar-refractivity contribution in [2.75, 3.05) is 39.0 Å². The van der Waals surface area contributed by atoms with Crippen molar-refractivity contribution in [3.63, 3.8) is 0 Å². The first-order valence-electron chi connectivity index (χ1n) is 8.63. The molecule has 1 rings (SSSR count). The van der Waals surface area contributed by atoms with E-state index in [1.165, 1.54) is 0 Å². The second-order valence-corrected chi connectivity index (χ2v) is 6.42. The van der Waals surface area contributed by atoms with Crippen LogP contribution in [0.25, 0.3) is 0 Å². The molecule has 1 N–H and O–H groups in total. The van der Waals surface area contributed by atoms with Crippen LogP contribution in [0.2, 0.25) is 0 Å². The summed E-state index contributed by atoms with van der Waals surface area (Å²) in [5.74, 6) is -0.0236. The molecular weight excluding hydrogens is 302 g/mol. The first-order valence-corrected chi connectivity index (χ1v) is 8.63. The first kappa shape index (κ1) is 20.2. The molecule has 5 heteroatoms. The fraction of sp³-hybridized carbons (Fsp3) is 0.579. The number of hydrogen-bond donors (Lipinski definition) is 1. The molecule has 0 fully saturated rings. The van der Waals surface area contributed by atoms with Gasteiger partial charge in [-0.05, 0) is 51.5 Å². The zero-order chi connectivity index (χ0) is 18.1. The van der Waals surface area contributed by atoms with E-state index in [2.05, 4.69) is 17.1 Å². The average Bonchev–Trinajstić information content (AvgIpc) is 2.51. The molecule has 1 aromatic rings. The van der Waals surface area contributed by atoms with Gasteiger partial charge in [0.2, 0.25) is 11.8 Å². The number of aryl methyl sites for hydroxylation is 2. The Morgan fingerprint density at radius 1 is 1.12 bits per heavy atom. The Kier molecular flexibility index (Phi) is 8.47. The highest BCUT2D eigenvalue weighted by Crippen LogP contribution is 2.21. The number of amides is 2. The third-order valence-corrected chi connectivity index (χ3v) is 4.09. The van der Waals surface area contributed by atoms with Crippen LogP contribution >= 0.6 is 0 Å². The van der Waals surface area contributed by atoms with Gasteiger partial charge in [0.15, 0.2) is 0 Å². The predicted octanol–water partition coefficient (Wildman–Crippen LogP) is 2.69. The number of anilines is 1. The van der Waals surface area contributed by atoms with Crippen LogP contribution in [-0.4, -0.2) is 55.3 Å². The van der Waals surface area contributed by atoms with Crippen LogP contribution in [-0.2, 0) is 16.0 Å². The number of nitrogens with one attached hydrogen (secondary N) is 1. The average molecular weight is 333 g/mol. The molecular formula is C19H31N3O2. The predicted molar refractivity (Wildman–Crippen MR) is 99.2 cm³/mol. The zero-order valence-electron chi connectivity index (χ0n) is 15.7. The van der Waals surface area contributed by atoms with E-state index in [-0.39, 0.29) is 11.8 Å². The Bertz CT molecular complexity index is 556. The molecule has 0 aliphatic heterocycles. The van der Waals surface area contributed by atoms with Gasteiger partial charge in [-0.25, -0.2) is 0 Å². The summed E-state index contributed by atoms with van der Waals surface area (Å²) in [6.07, 6.45) is 2.10. The van der Waals surface area contributed by atoms with Gasteiger partial charge in [-0.15, -0.1) is 0 Å². The summed E-state index contributed by atoms with van der Waals surface area (Å²) in [5, 5.41) is 3.01. The second kappa shape index (κ2) is 10.1. The van der Waals surface area contributed by atoms with Crippen molar-refractivity contribution >= 4 is 17.5 Å². The van der Waals surface area contributed by atoms with E-state index in [0.717, 1.165) is 36.2 Å². The van der Waals surface area contributed by atoms with Gasteiger partial charge in [-0.3, -0.25) is 9.59 Å². The highest BCUT2D eigenvalue weighted by Gasteiger charge is 2.13. The molecule has 0 saturated carbocycles. The maximum atomic E-state index is 12.3. The van der Waals surface area contributed by atoms with Crippen molar-refractivity contribution in [3.05, 3.63) is 29.3 Å². The minimum atomic E-state index is -0.0436. The minimum absolute atomic E-state index is 0.0201. The molecule has 1 aromatic carbocycles. The number of nitrogens with zero attached hydrogens (tertiary/aromatic N) is 2. The largest absolute Gasteiger partial charge is 0.342 e. The highest BCUT2D eigenvalue weighted by atomic mass is 16.2. The van der Waals surface area contributed by atoms with Crippen LogP contribution in [0.3, 0.4) is 0 Å². The van der Waals surface area contributed by atoms with Crippen molar-refractivity contribution in [2.24, 2.45) is 0 Å². The van der Waals surface area contributed by atoms with Crippen LogP contribution in [0.4, 0.5) is 5.69 Å². The van der Waals surface area contributed by atoms with Crippen LogP contribution in [0, 0.1) is 6.92 Å². The summed E-state index contributed by atoms with van der Waals surface area (Å²) in [7, 11) is 4.03. The molecule has 0 unspecified atom stereocenters. The highest BCUT2D eigenvalue weighted by molar-refractivity contribution is 5.92. The fourth-order valence-electron chi connectivity index (χ4n) is 2.64. The van der Waals surface area contributed by atoms with Gasteiger partial charge < -0.3 is 15.1 Å². The molecule has 0 bridgehead atoms. The van der Waals surface area contributed by atoms with E-state index < -0.39 is 0 Å². The van der Waals surface area contributed by atoms with Crippen molar-refractivity contribution in [1.29, 1.82) is 0 Å². The Labute approximate surface area is 146 Å². The van der Waals surface area contributed by atoms with Gasteiger partial charge in [0.05, 0.1) is 0 Å². The molecule has 0 aliphatic rings. The van der Waals surface area contributed by atoms with Crippen LogP contribution in [0.15, 0.2) is 18.2 Å². The number of carbonyl (C=O) groups is 2. The maximum absolute atomic E-state index is 12.3. The number of carbonyl (C=O) groups excluding carboxylic acids is 2. The Hall–Kier alpha value is -1.88. The smallest absolute Gasteiger partial charge is 0.226 e. The van der Waals surface area contributed by atoms with Crippen molar-refractivity contribution in [3.8, 4) is 0 Å². The lowest BCUT2D eigenvalue weighted by atomic mass is 10.1. The van der Waals surface area contributed by atoms with Crippen molar-refractivity contribution < 1.29 is 9.59 Å². The molecule has 0 radical (unpaired) electrons. The molecule has 134 valence electrons. The fourth-order valence-corrected chi connectivity index (χ4v) is 2.64. The van der Waals surface area contributed by atoms with Crippen molar-refractivity contribution in [2.45, 2.75) is 40.0 Å². The van der Waals surface area contributed by atoms with E-state index in [1.807, 2.05) is 39.2 Å². The van der Waals surface area contributed by atoms with E-state index in [9.17, 15) is 9.59 Å². The topological polar surface area (TPSA) is 52.7 Å². The Morgan fingerprint density at radius 3 is 2.42 bits per heavy atom. The first-order chi connectivity index (χ1) is 11.3. The minimum Gasteiger partial charge on any atom is -0.342 e. The van der Waals surface area contributed by atoms with E-state index in [4.69, 9.17) is 0 Å². The number of benzene rings is 1. The van der Waals surface area contributed by atoms with E-state index in [1.54, 1.807) is 11.8 Å². The van der Waals surface area contributed by atoms with Crippen LogP contribution < -0.4 is 5.32 Å². The third-order valence-electron chi connectivity index (χ3n) is 4.09. The summed E-state index contributed by atoms with van der Waals surface area (Å²) in [5.41, 5.74) is 3.11. The Morgan fingerprint density at radius 2 is 1.83 bits per heavy atom. The van der Waals surface area contributed by atoms with E-state index in [0.29, 0.717) is 19.5 Å². The summed E-state index contributed by atoms with van der Waals surface area (Å²) in [6, 6.07) is 6.04. The van der Waals surface area contributed by atoms with E-state index >= 15 is 0 Å². The SMILES string of the molecule is CCc1cccc(C)c1NC(=O)CCN(CCCN(C)C)C(C)=O. The van der Waals surface area contributed by atoms with Gasteiger partial charge in [0.25, 0.3) is 0 Å². The standard InChI is InChI=1S/C19H31N3O2/c1-6-17-10-7-9-15(2)19(17)20-18(24)11-14-22(16(3)23)13-8-12-21(4)5/h7,9-10H,6,8,11-14H2,1-5H3,(H,20,24). The van der Waals surface area contributed by atoms with Crippen LogP contribution in [0.5, 0.6) is 0 Å². The normalized spacial score (nSPS) is 10.8. The van der Waals surface area contributed by atoms with Gasteiger partial charge in [0.1, 0.15) is 0 Å². The summed E-state index contributed by atoms with van der Waals surface area (Å²) < 4.78 is 0. The molecule has 0 saturated heterocycles. The van der Waals surface area contributed by atoms with Gasteiger partial charge >= 0.3 is 0 Å². The van der Waals surface area contributed by atoms with Gasteiger partial charge in [-0.1, -0.05) is 25.1 Å². The molecule has 0 aromatic heterocycles. The number of para-hydroxylation sites is 1. The number of hydrogen-bond acceptors (Lipinski definition) is 3. The monoisotopic (exact) mass is 333 g/mol. The summed E-state index contributed by atoms with van der Waals surface area (Å²) >= 11 is 0. The summed E-state index contributed by atoms with van der Waals surface area (Å²) in [6.45, 7) is 7.71. The lowest BCUT2D eigenvalue weighted by Gasteiger charge is -2.22. The van der Waals surface area contributed by atoms with Crippen LogP contribution in [0.1, 0.15) is 37.8 Å². The second-order valence-electron chi connectivity index (χ2n) is 6.42. The summed E-state index contributed by atoms with van der Waals surface area (Å²) in [4.78, 5) is 27.9. The molecule has 0 atom stereocenters. The lowest BCUT2D eigenvalue weighted by Crippen LogP contribution is -2.34. The number of rotatable bonds is 9. The molecule has 0 aliphatic carbocycles. The molecule has 0 spiro atoms.